The van der Waals surface area contributed by atoms with Gasteiger partial charge in [0.25, 0.3) is 5.91 Å². The lowest BCUT2D eigenvalue weighted by molar-refractivity contribution is 0.0798. The second-order valence-corrected chi connectivity index (χ2v) is 4.74. The van der Waals surface area contributed by atoms with E-state index in [1.165, 1.54) is 0 Å². The molecule has 1 aliphatic heterocycles. The fraction of sp³-hybridized carbons (Fsp3) is 0.333. The number of aromatic nitrogens is 1. The van der Waals surface area contributed by atoms with E-state index in [1.54, 1.807) is 0 Å². The number of carbonyl (C=O) groups is 1. The van der Waals surface area contributed by atoms with Gasteiger partial charge in [-0.25, -0.2) is 0 Å². The van der Waals surface area contributed by atoms with Crippen LogP contribution in [0.4, 0.5) is 0 Å². The van der Waals surface area contributed by atoms with Gasteiger partial charge >= 0.3 is 0 Å². The Bertz CT molecular complexity index is 652. The summed E-state index contributed by atoms with van der Waals surface area (Å²) < 4.78 is 5.64. The number of rotatable bonds is 2. The Morgan fingerprint density at radius 3 is 3.16 bits per heavy atom. The summed E-state index contributed by atoms with van der Waals surface area (Å²) in [6, 6.07) is 5.61. The molecule has 0 spiro atoms. The van der Waals surface area contributed by atoms with Crippen molar-refractivity contribution in [2.24, 2.45) is 0 Å². The minimum Gasteiger partial charge on any atom is -0.369 e. The van der Waals surface area contributed by atoms with Crippen molar-refractivity contribution in [1.82, 2.24) is 10.3 Å². The molecule has 0 saturated carbocycles. The summed E-state index contributed by atoms with van der Waals surface area (Å²) in [5.74, 6) is -0.0473. The molecule has 1 aliphatic rings. The second-order valence-electron chi connectivity index (χ2n) is 4.74. The summed E-state index contributed by atoms with van der Waals surface area (Å²) in [6.45, 7) is 5.15. The van der Waals surface area contributed by atoms with Crippen LogP contribution >= 0.6 is 0 Å². The molecule has 2 aromatic rings. The number of nitrogens with zero attached hydrogens (tertiary/aromatic N) is 1. The molecule has 0 fully saturated rings. The number of hydrogen-bond acceptors (Lipinski definition) is 3. The molecule has 98 valence electrons. The zero-order valence-electron chi connectivity index (χ0n) is 11.1. The first-order chi connectivity index (χ1) is 9.20. The number of fused-ring (bicyclic) bond motifs is 3. The molecule has 4 heteroatoms. The minimum absolute atomic E-state index is 0.0473. The van der Waals surface area contributed by atoms with Gasteiger partial charge in [0.15, 0.2) is 0 Å². The van der Waals surface area contributed by atoms with Gasteiger partial charge in [0.1, 0.15) is 0 Å². The molecule has 0 bridgehead atoms. The summed E-state index contributed by atoms with van der Waals surface area (Å²) >= 11 is 0. The summed E-state index contributed by atoms with van der Waals surface area (Å²) in [7, 11) is 0. The van der Waals surface area contributed by atoms with Gasteiger partial charge in [-0.2, -0.15) is 0 Å². The fourth-order valence-electron chi connectivity index (χ4n) is 2.48. The van der Waals surface area contributed by atoms with Gasteiger partial charge in [0.05, 0.1) is 18.2 Å². The van der Waals surface area contributed by atoms with E-state index in [4.69, 9.17) is 4.74 Å². The summed E-state index contributed by atoms with van der Waals surface area (Å²) in [4.78, 5) is 16.3. The predicted molar refractivity (Wildman–Crippen MR) is 73.0 cm³/mol. The molecule has 1 aromatic carbocycles. The molecule has 0 saturated heterocycles. The first-order valence-corrected chi connectivity index (χ1v) is 6.52. The van der Waals surface area contributed by atoms with E-state index >= 15 is 0 Å². The molecule has 2 heterocycles. The van der Waals surface area contributed by atoms with Gasteiger partial charge in [-0.3, -0.25) is 9.78 Å². The lowest BCUT2D eigenvalue weighted by atomic mass is 10.0. The van der Waals surface area contributed by atoms with E-state index in [9.17, 15) is 4.79 Å². The fourth-order valence-corrected chi connectivity index (χ4v) is 2.48. The first kappa shape index (κ1) is 12.1. The molecule has 1 aromatic heterocycles. The van der Waals surface area contributed by atoms with Crippen molar-refractivity contribution < 1.29 is 9.53 Å². The van der Waals surface area contributed by atoms with E-state index in [-0.39, 0.29) is 12.0 Å². The Morgan fingerprint density at radius 1 is 1.53 bits per heavy atom. The van der Waals surface area contributed by atoms with E-state index in [2.05, 4.69) is 10.3 Å². The van der Waals surface area contributed by atoms with Gasteiger partial charge in [-0.1, -0.05) is 0 Å². The topological polar surface area (TPSA) is 51.2 Å². The molecule has 1 N–H and O–H groups in total. The Labute approximate surface area is 111 Å². The van der Waals surface area contributed by atoms with Crippen LogP contribution < -0.4 is 5.32 Å². The zero-order chi connectivity index (χ0) is 13.4. The molecule has 19 heavy (non-hydrogen) atoms. The predicted octanol–water partition coefficient (Wildman–Crippen LogP) is 2.58. The Morgan fingerprint density at radius 2 is 2.37 bits per heavy atom. The largest absolute Gasteiger partial charge is 0.369 e. The number of carbonyl (C=O) groups excluding carboxylic acids is 1. The third-order valence-electron chi connectivity index (χ3n) is 3.53. The summed E-state index contributed by atoms with van der Waals surface area (Å²) in [6.07, 6.45) is 1.96. The van der Waals surface area contributed by atoms with Crippen LogP contribution in [0.3, 0.4) is 0 Å². The van der Waals surface area contributed by atoms with Gasteiger partial charge in [0, 0.05) is 29.3 Å². The van der Waals surface area contributed by atoms with E-state index < -0.39 is 0 Å². The molecule has 4 nitrogen and oxygen atoms in total. The van der Waals surface area contributed by atoms with Crippen molar-refractivity contribution in [3.8, 4) is 0 Å². The molecular weight excluding hydrogens is 240 g/mol. The van der Waals surface area contributed by atoms with E-state index in [0.29, 0.717) is 18.7 Å². The average molecular weight is 256 g/mol. The number of nitrogens with one attached hydrogen (secondary N) is 1. The van der Waals surface area contributed by atoms with Gasteiger partial charge in [0.2, 0.25) is 0 Å². The third kappa shape index (κ3) is 1.98. The maximum absolute atomic E-state index is 11.9. The second kappa shape index (κ2) is 4.63. The SMILES string of the molecule is CCNC(=O)c1ccc2ncc3c(c2c1)COC3C. The maximum atomic E-state index is 11.9. The molecule has 0 radical (unpaired) electrons. The molecule has 1 amide bonds. The van der Waals surface area contributed by atoms with Crippen molar-refractivity contribution in [3.63, 3.8) is 0 Å². The van der Waals surface area contributed by atoms with Crippen LogP contribution in [0.15, 0.2) is 24.4 Å². The van der Waals surface area contributed by atoms with Crippen molar-refractivity contribution in [2.75, 3.05) is 6.54 Å². The molecule has 1 atom stereocenters. The molecule has 1 unspecified atom stereocenters. The van der Waals surface area contributed by atoms with Crippen LogP contribution in [0.1, 0.15) is 41.4 Å². The zero-order valence-corrected chi connectivity index (χ0v) is 11.1. The van der Waals surface area contributed by atoms with E-state index in [1.807, 2.05) is 38.2 Å². The molecule has 3 rings (SSSR count). The van der Waals surface area contributed by atoms with Gasteiger partial charge in [-0.15, -0.1) is 0 Å². The number of ether oxygens (including phenoxy) is 1. The quantitative estimate of drug-likeness (QED) is 0.898. The van der Waals surface area contributed by atoms with Crippen molar-refractivity contribution >= 4 is 16.8 Å². The van der Waals surface area contributed by atoms with Gasteiger partial charge < -0.3 is 10.1 Å². The van der Waals surface area contributed by atoms with Crippen LogP contribution in [-0.2, 0) is 11.3 Å². The molecular formula is C15H16N2O2. The highest BCUT2D eigenvalue weighted by Crippen LogP contribution is 2.34. The average Bonchev–Trinajstić information content (AvgIpc) is 2.80. The summed E-state index contributed by atoms with van der Waals surface area (Å²) in [5.41, 5.74) is 3.86. The number of amides is 1. The smallest absolute Gasteiger partial charge is 0.251 e. The van der Waals surface area contributed by atoms with Crippen LogP contribution in [0, 0.1) is 0 Å². The van der Waals surface area contributed by atoms with Crippen molar-refractivity contribution in [2.45, 2.75) is 26.6 Å². The van der Waals surface area contributed by atoms with Crippen LogP contribution in [0.5, 0.6) is 0 Å². The third-order valence-corrected chi connectivity index (χ3v) is 3.53. The minimum atomic E-state index is -0.0473. The highest BCUT2D eigenvalue weighted by Gasteiger charge is 2.22. The Kier molecular flexibility index (Phi) is 2.95. The Balaban J connectivity index is 2.14. The van der Waals surface area contributed by atoms with E-state index in [0.717, 1.165) is 22.0 Å². The van der Waals surface area contributed by atoms with Crippen molar-refractivity contribution in [3.05, 3.63) is 41.1 Å². The lowest BCUT2D eigenvalue weighted by Gasteiger charge is -2.07. The number of benzene rings is 1. The highest BCUT2D eigenvalue weighted by atomic mass is 16.5. The Hall–Kier alpha value is -1.94. The normalized spacial score (nSPS) is 17.5. The van der Waals surface area contributed by atoms with Gasteiger partial charge in [-0.05, 0) is 37.6 Å². The van der Waals surface area contributed by atoms with Crippen LogP contribution in [0.2, 0.25) is 0 Å². The summed E-state index contributed by atoms with van der Waals surface area (Å²) in [5, 5.41) is 3.83. The maximum Gasteiger partial charge on any atom is 0.251 e. The van der Waals surface area contributed by atoms with Crippen LogP contribution in [-0.4, -0.2) is 17.4 Å². The monoisotopic (exact) mass is 256 g/mol. The van der Waals surface area contributed by atoms with Crippen molar-refractivity contribution in [1.29, 1.82) is 0 Å². The number of hydrogen-bond donors (Lipinski definition) is 1. The number of pyridine rings is 1. The highest BCUT2D eigenvalue weighted by molar-refractivity contribution is 5.98. The standard InChI is InChI=1S/C15H16N2O2/c1-3-16-15(18)10-4-5-14-11(6-10)13-8-19-9(2)12(13)7-17-14/h4-7,9H,3,8H2,1-2H3,(H,16,18). The lowest BCUT2D eigenvalue weighted by Crippen LogP contribution is -2.22. The van der Waals surface area contributed by atoms with Crippen LogP contribution in [0.25, 0.3) is 10.9 Å². The first-order valence-electron chi connectivity index (χ1n) is 6.52. The molecule has 0 aliphatic carbocycles.